The second kappa shape index (κ2) is 10.5. The minimum absolute atomic E-state index is 0.210. The van der Waals surface area contributed by atoms with E-state index in [1.807, 2.05) is 22.5 Å². The van der Waals surface area contributed by atoms with Crippen LogP contribution in [0.2, 0.25) is 5.02 Å². The molecule has 1 atom stereocenters. The van der Waals surface area contributed by atoms with Crippen LogP contribution in [0.4, 0.5) is 14.9 Å². The molecule has 9 heteroatoms. The number of likely N-dealkylation sites (tertiary alicyclic amines) is 1. The van der Waals surface area contributed by atoms with Crippen LogP contribution in [0.5, 0.6) is 5.75 Å². The topological polar surface area (TPSA) is 65.0 Å². The van der Waals surface area contributed by atoms with Crippen LogP contribution in [0, 0.1) is 17.8 Å². The van der Waals surface area contributed by atoms with E-state index in [-0.39, 0.29) is 18.5 Å². The summed E-state index contributed by atoms with van der Waals surface area (Å²) in [6, 6.07) is 16.6. The van der Waals surface area contributed by atoms with E-state index in [4.69, 9.17) is 16.3 Å². The molecule has 1 fully saturated rings. The zero-order valence-electron chi connectivity index (χ0n) is 19.2. The van der Waals surface area contributed by atoms with Gasteiger partial charge in [-0.25, -0.2) is 9.18 Å². The summed E-state index contributed by atoms with van der Waals surface area (Å²) >= 11 is 8.12. The summed E-state index contributed by atoms with van der Waals surface area (Å²) in [4.78, 5) is 15.9. The van der Waals surface area contributed by atoms with Crippen LogP contribution in [-0.2, 0) is 13.2 Å². The highest BCUT2D eigenvalue weighted by atomic mass is 35.5. The van der Waals surface area contributed by atoms with Crippen LogP contribution in [0.15, 0.2) is 60.1 Å². The van der Waals surface area contributed by atoms with E-state index in [1.54, 1.807) is 35.6 Å². The number of carboxylic acid groups (broad SMARTS) is 1. The molecule has 0 spiro atoms. The number of fused-ring (bicyclic) bond motifs is 1. The smallest absolute Gasteiger partial charge is 0.408 e. The van der Waals surface area contributed by atoms with Gasteiger partial charge < -0.3 is 20.1 Å². The molecule has 2 N–H and O–H groups in total. The Bertz CT molecular complexity index is 1380. The van der Waals surface area contributed by atoms with Gasteiger partial charge in [0.1, 0.15) is 18.2 Å². The number of ether oxygens (including phenoxy) is 1. The fourth-order valence-corrected chi connectivity index (χ4v) is 5.36. The van der Waals surface area contributed by atoms with Crippen LogP contribution in [0.3, 0.4) is 0 Å². The predicted octanol–water partition coefficient (Wildman–Crippen LogP) is 6.45. The minimum atomic E-state index is -0.927. The highest BCUT2D eigenvalue weighted by molar-refractivity contribution is 7.10. The summed E-state index contributed by atoms with van der Waals surface area (Å²) < 4.78 is 19.2. The molecule has 1 saturated heterocycles. The van der Waals surface area contributed by atoms with Gasteiger partial charge in [-0.15, -0.1) is 11.3 Å². The molecule has 36 heavy (non-hydrogen) atoms. The van der Waals surface area contributed by atoms with Crippen LogP contribution >= 0.6 is 22.9 Å². The number of halogens is 2. The van der Waals surface area contributed by atoms with Crippen LogP contribution in [0.25, 0.3) is 5.70 Å². The number of hydrogen-bond donors (Lipinski definition) is 2. The molecule has 3 aromatic rings. The zero-order chi connectivity index (χ0) is 25.1. The van der Waals surface area contributed by atoms with Crippen molar-refractivity contribution in [2.45, 2.75) is 32.0 Å². The highest BCUT2D eigenvalue weighted by Crippen LogP contribution is 2.34. The quantitative estimate of drug-likeness (QED) is 0.376. The Morgan fingerprint density at radius 2 is 2.17 bits per heavy atom. The lowest BCUT2D eigenvalue weighted by Crippen LogP contribution is -2.33. The largest absolute Gasteiger partial charge is 0.487 e. The van der Waals surface area contributed by atoms with Crippen molar-refractivity contribution < 1.29 is 19.0 Å². The maximum absolute atomic E-state index is 13.4. The van der Waals surface area contributed by atoms with Gasteiger partial charge in [-0.3, -0.25) is 4.90 Å². The molecule has 0 aliphatic carbocycles. The lowest BCUT2D eigenvalue weighted by atomic mass is 10.1. The number of anilines is 1. The molecule has 2 aromatic carbocycles. The van der Waals surface area contributed by atoms with Gasteiger partial charge in [0.25, 0.3) is 0 Å². The first kappa shape index (κ1) is 24.0. The number of hydrogen-bond acceptors (Lipinski definition) is 5. The normalized spacial score (nSPS) is 16.6. The van der Waals surface area contributed by atoms with Crippen molar-refractivity contribution in [1.82, 2.24) is 9.80 Å². The number of nitrogens with zero attached hydrogens (tertiary/aromatic N) is 2. The fourth-order valence-electron chi connectivity index (χ4n) is 4.24. The standard InChI is InChI=1S/C27H23ClFN3O3S/c28-23-14-20(6-7-25(23)35-17-18-3-1-4-19(29)13-18)30-24-15-31(16-26-22(24)9-12-36-26)11-8-21-5-2-10-32(21)27(33)34/h1,3-4,6-7,9,12-15,21,30H,2,5,10,16-17H2,(H,33,34)/t21-/m1/s1. The van der Waals surface area contributed by atoms with E-state index in [0.717, 1.165) is 40.2 Å². The molecular formula is C27H23ClFN3O3S. The lowest BCUT2D eigenvalue weighted by Gasteiger charge is -2.23. The van der Waals surface area contributed by atoms with Crippen molar-refractivity contribution in [2.75, 3.05) is 11.9 Å². The third-order valence-corrected chi connectivity index (χ3v) is 7.20. The molecule has 0 bridgehead atoms. The van der Waals surface area contributed by atoms with Crippen LogP contribution < -0.4 is 10.1 Å². The molecule has 0 saturated carbocycles. The average molecular weight is 524 g/mol. The maximum Gasteiger partial charge on any atom is 0.408 e. The molecule has 5 rings (SSSR count). The van der Waals surface area contributed by atoms with E-state index in [2.05, 4.69) is 23.3 Å². The van der Waals surface area contributed by atoms with Crippen molar-refractivity contribution >= 4 is 40.4 Å². The summed E-state index contributed by atoms with van der Waals surface area (Å²) in [5.74, 6) is 3.33. The third kappa shape index (κ3) is 5.43. The van der Waals surface area contributed by atoms with Crippen molar-refractivity contribution in [2.24, 2.45) is 0 Å². The number of benzene rings is 2. The number of rotatable bonds is 5. The van der Waals surface area contributed by atoms with Gasteiger partial charge in [0.2, 0.25) is 0 Å². The molecule has 0 radical (unpaired) electrons. The molecule has 6 nitrogen and oxygen atoms in total. The summed E-state index contributed by atoms with van der Waals surface area (Å²) in [5, 5.41) is 15.3. The Hall–Kier alpha value is -3.67. The van der Waals surface area contributed by atoms with Crippen molar-refractivity contribution in [1.29, 1.82) is 0 Å². The number of carbonyl (C=O) groups is 1. The molecule has 1 aromatic heterocycles. The van der Waals surface area contributed by atoms with Crippen molar-refractivity contribution in [3.8, 4) is 17.7 Å². The molecule has 2 aliphatic rings. The summed E-state index contributed by atoms with van der Waals surface area (Å²) in [6.07, 6.45) is 2.58. The summed E-state index contributed by atoms with van der Waals surface area (Å²) in [6.45, 7) is 1.37. The van der Waals surface area contributed by atoms with Gasteiger partial charge in [-0.2, -0.15) is 0 Å². The zero-order valence-corrected chi connectivity index (χ0v) is 20.8. The van der Waals surface area contributed by atoms with E-state index in [0.29, 0.717) is 23.9 Å². The predicted molar refractivity (Wildman–Crippen MR) is 139 cm³/mol. The van der Waals surface area contributed by atoms with E-state index in [1.165, 1.54) is 17.0 Å². The van der Waals surface area contributed by atoms with Gasteiger partial charge in [-0.1, -0.05) is 29.7 Å². The van der Waals surface area contributed by atoms with Gasteiger partial charge in [0, 0.05) is 34.9 Å². The Balaban J connectivity index is 1.30. The van der Waals surface area contributed by atoms with Gasteiger partial charge in [-0.05, 0) is 60.2 Å². The average Bonchev–Trinajstić information content (AvgIpc) is 3.52. The van der Waals surface area contributed by atoms with Gasteiger partial charge >= 0.3 is 6.09 Å². The van der Waals surface area contributed by atoms with E-state index < -0.39 is 6.09 Å². The monoisotopic (exact) mass is 523 g/mol. The van der Waals surface area contributed by atoms with E-state index in [9.17, 15) is 14.3 Å². The lowest BCUT2D eigenvalue weighted by molar-refractivity contribution is 0.148. The number of nitrogens with one attached hydrogen (secondary N) is 1. The first-order chi connectivity index (χ1) is 17.5. The Kier molecular flexibility index (Phi) is 7.03. The highest BCUT2D eigenvalue weighted by Gasteiger charge is 2.27. The van der Waals surface area contributed by atoms with Gasteiger partial charge in [0.05, 0.1) is 23.3 Å². The Morgan fingerprint density at radius 1 is 1.28 bits per heavy atom. The second-order valence-electron chi connectivity index (χ2n) is 8.51. The number of amides is 1. The van der Waals surface area contributed by atoms with Crippen LogP contribution in [0.1, 0.15) is 28.8 Å². The van der Waals surface area contributed by atoms with Crippen molar-refractivity contribution in [3.05, 3.63) is 87.0 Å². The summed E-state index contributed by atoms with van der Waals surface area (Å²) in [7, 11) is 0. The molecule has 0 unspecified atom stereocenters. The first-order valence-electron chi connectivity index (χ1n) is 11.5. The molecule has 1 amide bonds. The third-order valence-electron chi connectivity index (χ3n) is 6.00. The van der Waals surface area contributed by atoms with Crippen molar-refractivity contribution in [3.63, 3.8) is 0 Å². The fraction of sp³-hybridized carbons (Fsp3) is 0.222. The molecule has 184 valence electrons. The summed E-state index contributed by atoms with van der Waals surface area (Å²) in [5.41, 5.74) is 3.46. The Morgan fingerprint density at radius 3 is 2.97 bits per heavy atom. The molecule has 3 heterocycles. The second-order valence-corrected chi connectivity index (χ2v) is 9.91. The van der Waals surface area contributed by atoms with Crippen LogP contribution in [-0.4, -0.2) is 33.6 Å². The molecular weight excluding hydrogens is 501 g/mol. The van der Waals surface area contributed by atoms with Gasteiger partial charge in [0.15, 0.2) is 0 Å². The first-order valence-corrected chi connectivity index (χ1v) is 12.7. The maximum atomic E-state index is 13.4. The number of thiophene rings is 1. The SMILES string of the molecule is O=C(O)N1CCC[C@@H]1C#CN1C=C(Nc2ccc(OCc3cccc(F)c3)c(Cl)c2)c2ccsc2C1. The Labute approximate surface area is 217 Å². The minimum Gasteiger partial charge on any atom is -0.487 e. The van der Waals surface area contributed by atoms with E-state index >= 15 is 0 Å². The molecule has 2 aliphatic heterocycles.